The molecule has 6 heteroatoms. The van der Waals surface area contributed by atoms with Gasteiger partial charge in [-0.15, -0.1) is 0 Å². The highest BCUT2D eigenvalue weighted by atomic mass is 16.6. The Labute approximate surface area is 112 Å². The summed E-state index contributed by atoms with van der Waals surface area (Å²) in [5.74, 6) is 0. The summed E-state index contributed by atoms with van der Waals surface area (Å²) in [6.45, 7) is 5.24. The molecule has 6 nitrogen and oxygen atoms in total. The second-order valence-corrected chi connectivity index (χ2v) is 5.29. The summed E-state index contributed by atoms with van der Waals surface area (Å²) in [6.07, 6.45) is 0. The molecule has 0 spiro atoms. The number of non-ortho nitro benzene ring substituents is 1. The molecule has 0 aliphatic carbocycles. The third-order valence-corrected chi connectivity index (χ3v) is 2.94. The molecule has 0 amide bonds. The monoisotopic (exact) mass is 262 g/mol. The number of benzene rings is 1. The number of nitro benzene ring substituents is 1. The molecule has 0 saturated carbocycles. The molecule has 1 aromatic carbocycles. The molecular formula is C13H18N4O2. The fourth-order valence-corrected chi connectivity index (χ4v) is 1.85. The zero-order valence-corrected chi connectivity index (χ0v) is 11.4. The first-order valence-electron chi connectivity index (χ1n) is 5.90. The van der Waals surface area contributed by atoms with Gasteiger partial charge in [0, 0.05) is 25.7 Å². The van der Waals surface area contributed by atoms with Crippen molar-refractivity contribution >= 4 is 11.4 Å². The first-order chi connectivity index (χ1) is 8.80. The molecule has 0 bridgehead atoms. The standard InChI is InChI=1S/C13H18N4O2/c1-13(2,8-15)9-16(3)12-5-4-11(17(18)19)6-10(12)7-14/h4-6H,8-9,15H2,1-3H3. The Kier molecular flexibility index (Phi) is 4.46. The molecule has 0 aromatic heterocycles. The van der Waals surface area contributed by atoms with E-state index in [1.165, 1.54) is 12.1 Å². The Bertz CT molecular complexity index is 520. The van der Waals surface area contributed by atoms with Crippen LogP contribution in [0.2, 0.25) is 0 Å². The first kappa shape index (κ1) is 14.9. The average Bonchev–Trinajstić information content (AvgIpc) is 2.37. The summed E-state index contributed by atoms with van der Waals surface area (Å²) in [6, 6.07) is 6.30. The van der Waals surface area contributed by atoms with E-state index in [0.29, 0.717) is 24.3 Å². The lowest BCUT2D eigenvalue weighted by atomic mass is 9.93. The van der Waals surface area contributed by atoms with E-state index in [2.05, 4.69) is 0 Å². The maximum Gasteiger partial charge on any atom is 0.270 e. The van der Waals surface area contributed by atoms with Crippen LogP contribution in [0, 0.1) is 26.9 Å². The molecule has 19 heavy (non-hydrogen) atoms. The van der Waals surface area contributed by atoms with E-state index in [9.17, 15) is 10.1 Å². The van der Waals surface area contributed by atoms with Crippen molar-refractivity contribution in [2.24, 2.45) is 11.1 Å². The molecular weight excluding hydrogens is 244 g/mol. The molecule has 0 fully saturated rings. The summed E-state index contributed by atoms with van der Waals surface area (Å²) >= 11 is 0. The molecule has 0 heterocycles. The van der Waals surface area contributed by atoms with Crippen LogP contribution in [0.25, 0.3) is 0 Å². The van der Waals surface area contributed by atoms with E-state index in [1.54, 1.807) is 6.07 Å². The van der Waals surface area contributed by atoms with Gasteiger partial charge in [0.2, 0.25) is 0 Å². The highest BCUT2D eigenvalue weighted by molar-refractivity contribution is 5.62. The predicted molar refractivity (Wildman–Crippen MR) is 73.9 cm³/mol. The maximum absolute atomic E-state index is 10.7. The Balaban J connectivity index is 3.07. The van der Waals surface area contributed by atoms with Crippen LogP contribution in [0.3, 0.4) is 0 Å². The van der Waals surface area contributed by atoms with Crippen LogP contribution >= 0.6 is 0 Å². The number of anilines is 1. The minimum absolute atomic E-state index is 0.0771. The third kappa shape index (κ3) is 3.66. The lowest BCUT2D eigenvalue weighted by Crippen LogP contribution is -2.37. The predicted octanol–water partition coefficient (Wildman–Crippen LogP) is 1.89. The fraction of sp³-hybridized carbons (Fsp3) is 0.462. The second kappa shape index (κ2) is 5.67. The molecule has 0 aliphatic heterocycles. The molecule has 2 N–H and O–H groups in total. The third-order valence-electron chi connectivity index (χ3n) is 2.94. The average molecular weight is 262 g/mol. The van der Waals surface area contributed by atoms with Crippen molar-refractivity contribution in [3.05, 3.63) is 33.9 Å². The van der Waals surface area contributed by atoms with E-state index < -0.39 is 4.92 Å². The number of hydrogen-bond donors (Lipinski definition) is 1. The van der Waals surface area contributed by atoms with Crippen LogP contribution in [0.1, 0.15) is 19.4 Å². The van der Waals surface area contributed by atoms with E-state index in [-0.39, 0.29) is 11.1 Å². The minimum atomic E-state index is -0.506. The van der Waals surface area contributed by atoms with E-state index >= 15 is 0 Å². The molecule has 0 radical (unpaired) electrons. The summed E-state index contributed by atoms with van der Waals surface area (Å²) in [4.78, 5) is 12.1. The lowest BCUT2D eigenvalue weighted by Gasteiger charge is -2.30. The molecule has 1 aromatic rings. The fourth-order valence-electron chi connectivity index (χ4n) is 1.85. The van der Waals surface area contributed by atoms with Gasteiger partial charge in [-0.25, -0.2) is 0 Å². The smallest absolute Gasteiger partial charge is 0.270 e. The van der Waals surface area contributed by atoms with Crippen molar-refractivity contribution in [3.8, 4) is 6.07 Å². The van der Waals surface area contributed by atoms with Gasteiger partial charge in [-0.1, -0.05) is 13.8 Å². The zero-order chi connectivity index (χ0) is 14.6. The van der Waals surface area contributed by atoms with Crippen molar-refractivity contribution in [2.45, 2.75) is 13.8 Å². The van der Waals surface area contributed by atoms with Crippen molar-refractivity contribution in [2.75, 3.05) is 25.0 Å². The number of nitrogens with two attached hydrogens (primary N) is 1. The Hall–Kier alpha value is -2.13. The number of hydrogen-bond acceptors (Lipinski definition) is 5. The first-order valence-corrected chi connectivity index (χ1v) is 5.90. The van der Waals surface area contributed by atoms with Crippen molar-refractivity contribution in [3.63, 3.8) is 0 Å². The SMILES string of the molecule is CN(CC(C)(C)CN)c1ccc([N+](=O)[O-])cc1C#N. The van der Waals surface area contributed by atoms with Gasteiger partial charge in [-0.3, -0.25) is 10.1 Å². The zero-order valence-electron chi connectivity index (χ0n) is 11.4. The Morgan fingerprint density at radius 1 is 1.53 bits per heavy atom. The summed E-state index contributed by atoms with van der Waals surface area (Å²) in [5, 5.41) is 19.8. The molecule has 0 aliphatic rings. The van der Waals surface area contributed by atoms with Crippen molar-refractivity contribution in [1.82, 2.24) is 0 Å². The summed E-state index contributed by atoms with van der Waals surface area (Å²) in [5.41, 5.74) is 6.49. The molecule has 0 unspecified atom stereocenters. The topological polar surface area (TPSA) is 96.2 Å². The van der Waals surface area contributed by atoms with Gasteiger partial charge in [0.25, 0.3) is 5.69 Å². The van der Waals surface area contributed by atoms with E-state index in [0.717, 1.165) is 0 Å². The van der Waals surface area contributed by atoms with E-state index in [4.69, 9.17) is 11.0 Å². The van der Waals surface area contributed by atoms with Gasteiger partial charge < -0.3 is 10.6 Å². The van der Waals surface area contributed by atoms with Crippen LogP contribution in [0.15, 0.2) is 18.2 Å². The number of nitro groups is 1. The van der Waals surface area contributed by atoms with Crippen LogP contribution in [-0.4, -0.2) is 25.1 Å². The van der Waals surface area contributed by atoms with Crippen LogP contribution in [0.5, 0.6) is 0 Å². The van der Waals surface area contributed by atoms with Crippen molar-refractivity contribution < 1.29 is 4.92 Å². The van der Waals surface area contributed by atoms with Gasteiger partial charge in [0.15, 0.2) is 0 Å². The second-order valence-electron chi connectivity index (χ2n) is 5.29. The number of rotatable bonds is 5. The van der Waals surface area contributed by atoms with E-state index in [1.807, 2.05) is 31.9 Å². The Morgan fingerprint density at radius 3 is 2.63 bits per heavy atom. The summed E-state index contributed by atoms with van der Waals surface area (Å²) in [7, 11) is 1.85. The molecule has 0 saturated heterocycles. The normalized spacial score (nSPS) is 10.9. The molecule has 102 valence electrons. The summed E-state index contributed by atoms with van der Waals surface area (Å²) < 4.78 is 0. The maximum atomic E-state index is 10.7. The van der Waals surface area contributed by atoms with Crippen LogP contribution in [0.4, 0.5) is 11.4 Å². The highest BCUT2D eigenvalue weighted by Crippen LogP contribution is 2.26. The van der Waals surface area contributed by atoms with Crippen molar-refractivity contribution in [1.29, 1.82) is 5.26 Å². The van der Waals surface area contributed by atoms with Gasteiger partial charge in [-0.05, 0) is 18.0 Å². The largest absolute Gasteiger partial charge is 0.373 e. The Morgan fingerprint density at radius 2 is 2.16 bits per heavy atom. The van der Waals surface area contributed by atoms with Crippen LogP contribution in [-0.2, 0) is 0 Å². The van der Waals surface area contributed by atoms with Crippen LogP contribution < -0.4 is 10.6 Å². The van der Waals surface area contributed by atoms with Gasteiger partial charge >= 0.3 is 0 Å². The van der Waals surface area contributed by atoms with Gasteiger partial charge in [-0.2, -0.15) is 5.26 Å². The minimum Gasteiger partial charge on any atom is -0.373 e. The van der Waals surface area contributed by atoms with Gasteiger partial charge in [0.1, 0.15) is 6.07 Å². The number of nitriles is 1. The molecule has 0 atom stereocenters. The highest BCUT2D eigenvalue weighted by Gasteiger charge is 2.21. The number of nitrogens with zero attached hydrogens (tertiary/aromatic N) is 3. The molecule has 1 rings (SSSR count). The lowest BCUT2D eigenvalue weighted by molar-refractivity contribution is -0.384. The van der Waals surface area contributed by atoms with Gasteiger partial charge in [0.05, 0.1) is 16.2 Å². The quantitative estimate of drug-likeness (QED) is 0.645.